The van der Waals surface area contributed by atoms with Gasteiger partial charge < -0.3 is 10.6 Å². The van der Waals surface area contributed by atoms with Crippen molar-refractivity contribution in [2.75, 3.05) is 31.9 Å². The Hall–Kier alpha value is -0.660. The summed E-state index contributed by atoms with van der Waals surface area (Å²) < 4.78 is 26.5. The van der Waals surface area contributed by atoms with Gasteiger partial charge in [-0.05, 0) is 26.7 Å². The molecule has 0 radical (unpaired) electrons. The number of nitrogens with one attached hydrogen (secondary N) is 2. The first-order valence-corrected chi connectivity index (χ1v) is 9.92. The van der Waals surface area contributed by atoms with Gasteiger partial charge in [-0.2, -0.15) is 4.31 Å². The number of piperazine rings is 1. The minimum Gasteiger partial charge on any atom is -0.353 e. The molecule has 0 aromatic heterocycles. The monoisotopic (exact) mass is 331 g/mol. The van der Waals surface area contributed by atoms with Crippen LogP contribution in [0.2, 0.25) is 0 Å². The molecule has 0 unspecified atom stereocenters. The van der Waals surface area contributed by atoms with Gasteiger partial charge in [0.2, 0.25) is 15.9 Å². The Bertz CT molecular complexity index is 478. The van der Waals surface area contributed by atoms with Gasteiger partial charge in [0, 0.05) is 32.2 Å². The van der Waals surface area contributed by atoms with Crippen LogP contribution in [-0.4, -0.2) is 56.6 Å². The highest BCUT2D eigenvalue weighted by atomic mass is 32.2. The number of hydrogen-bond donors (Lipinski definition) is 2. The van der Waals surface area contributed by atoms with Crippen LogP contribution in [0.5, 0.6) is 0 Å². The summed E-state index contributed by atoms with van der Waals surface area (Å²) in [6.07, 6.45) is 5.53. The molecule has 1 aliphatic carbocycles. The van der Waals surface area contributed by atoms with Crippen molar-refractivity contribution in [1.29, 1.82) is 0 Å². The van der Waals surface area contributed by atoms with Gasteiger partial charge in [0.25, 0.3) is 0 Å². The van der Waals surface area contributed by atoms with E-state index in [0.29, 0.717) is 26.2 Å². The van der Waals surface area contributed by atoms with Crippen molar-refractivity contribution >= 4 is 15.9 Å². The quantitative estimate of drug-likeness (QED) is 0.777. The maximum atomic E-state index is 12.5. The number of sulfonamides is 1. The van der Waals surface area contributed by atoms with Crippen LogP contribution in [0.4, 0.5) is 0 Å². The molecule has 0 aromatic rings. The molecule has 0 atom stereocenters. The van der Waals surface area contributed by atoms with E-state index in [2.05, 4.69) is 10.6 Å². The number of carbonyl (C=O) groups excluding carboxylic acids is 1. The van der Waals surface area contributed by atoms with Gasteiger partial charge in [-0.3, -0.25) is 4.79 Å². The van der Waals surface area contributed by atoms with Crippen molar-refractivity contribution in [2.24, 2.45) is 5.41 Å². The molecule has 0 aromatic carbocycles. The Morgan fingerprint density at radius 2 is 1.77 bits per heavy atom. The fourth-order valence-corrected chi connectivity index (χ4v) is 5.13. The molecule has 2 N–H and O–H groups in total. The topological polar surface area (TPSA) is 78.5 Å². The first kappa shape index (κ1) is 17.7. The molecule has 1 aliphatic heterocycles. The van der Waals surface area contributed by atoms with Gasteiger partial charge in [-0.1, -0.05) is 19.3 Å². The lowest BCUT2D eigenvalue weighted by Gasteiger charge is -2.32. The van der Waals surface area contributed by atoms with Crippen molar-refractivity contribution in [1.82, 2.24) is 14.9 Å². The van der Waals surface area contributed by atoms with E-state index in [0.717, 1.165) is 25.7 Å². The molecule has 128 valence electrons. The maximum Gasteiger partial charge on any atom is 0.226 e. The lowest BCUT2D eigenvalue weighted by Crippen LogP contribution is -2.51. The summed E-state index contributed by atoms with van der Waals surface area (Å²) in [5.41, 5.74) is -0.902. The number of rotatable bonds is 5. The molecule has 2 rings (SSSR count). The van der Waals surface area contributed by atoms with Crippen LogP contribution in [0.1, 0.15) is 46.0 Å². The average Bonchev–Trinajstić information content (AvgIpc) is 2.48. The van der Waals surface area contributed by atoms with Gasteiger partial charge in [0.05, 0.1) is 11.2 Å². The van der Waals surface area contributed by atoms with E-state index >= 15 is 0 Å². The molecule has 22 heavy (non-hydrogen) atoms. The summed E-state index contributed by atoms with van der Waals surface area (Å²) in [4.78, 5) is 12.5. The predicted octanol–water partition coefficient (Wildman–Crippen LogP) is 0.697. The van der Waals surface area contributed by atoms with E-state index in [-0.39, 0.29) is 17.7 Å². The van der Waals surface area contributed by atoms with Gasteiger partial charge in [0.1, 0.15) is 0 Å². The molecular weight excluding hydrogens is 302 g/mol. The first-order chi connectivity index (χ1) is 10.3. The standard InChI is InChI=1S/C15H29N3O3S/c1-15(2,14(19)17-13-6-4-3-5-7-13)12-22(20,21)18-10-8-16-9-11-18/h13,16H,3-12H2,1-2H3,(H,17,19). The molecule has 6 nitrogen and oxygen atoms in total. The van der Waals surface area contributed by atoms with E-state index in [1.54, 1.807) is 13.8 Å². The van der Waals surface area contributed by atoms with Crippen LogP contribution in [0.15, 0.2) is 0 Å². The zero-order valence-electron chi connectivity index (χ0n) is 13.7. The Morgan fingerprint density at radius 3 is 2.36 bits per heavy atom. The lowest BCUT2D eigenvalue weighted by molar-refractivity contribution is -0.129. The van der Waals surface area contributed by atoms with Crippen LogP contribution < -0.4 is 10.6 Å². The van der Waals surface area contributed by atoms with Crippen LogP contribution >= 0.6 is 0 Å². The minimum absolute atomic E-state index is 0.126. The van der Waals surface area contributed by atoms with E-state index in [1.807, 2.05) is 0 Å². The highest BCUT2D eigenvalue weighted by Gasteiger charge is 2.37. The SMILES string of the molecule is CC(C)(CS(=O)(=O)N1CCNCC1)C(=O)NC1CCCCC1. The summed E-state index contributed by atoms with van der Waals surface area (Å²) in [5, 5.41) is 6.19. The molecule has 0 spiro atoms. The third-order valence-corrected chi connectivity index (χ3v) is 6.81. The molecule has 2 fully saturated rings. The van der Waals surface area contributed by atoms with Crippen LogP contribution in [-0.2, 0) is 14.8 Å². The van der Waals surface area contributed by atoms with Crippen LogP contribution in [0.3, 0.4) is 0 Å². The number of carbonyl (C=O) groups is 1. The number of amides is 1. The van der Waals surface area contributed by atoms with Gasteiger partial charge in [-0.15, -0.1) is 0 Å². The van der Waals surface area contributed by atoms with Gasteiger partial charge >= 0.3 is 0 Å². The third kappa shape index (κ3) is 4.67. The second-order valence-corrected chi connectivity index (χ2v) is 9.07. The van der Waals surface area contributed by atoms with Crippen LogP contribution in [0.25, 0.3) is 0 Å². The smallest absolute Gasteiger partial charge is 0.226 e. The number of nitrogens with zero attached hydrogens (tertiary/aromatic N) is 1. The van der Waals surface area contributed by atoms with E-state index < -0.39 is 15.4 Å². The van der Waals surface area contributed by atoms with Crippen molar-refractivity contribution in [3.05, 3.63) is 0 Å². The molecule has 1 saturated carbocycles. The van der Waals surface area contributed by atoms with Crippen molar-refractivity contribution in [3.63, 3.8) is 0 Å². The molecule has 2 aliphatic rings. The van der Waals surface area contributed by atoms with Crippen LogP contribution in [0, 0.1) is 5.41 Å². The average molecular weight is 331 g/mol. The highest BCUT2D eigenvalue weighted by Crippen LogP contribution is 2.23. The molecular formula is C15H29N3O3S. The first-order valence-electron chi connectivity index (χ1n) is 8.31. The number of hydrogen-bond acceptors (Lipinski definition) is 4. The summed E-state index contributed by atoms with van der Waals surface area (Å²) in [6, 6.07) is 0.211. The third-order valence-electron chi connectivity index (χ3n) is 4.57. The summed E-state index contributed by atoms with van der Waals surface area (Å²) in [6.45, 7) is 5.78. The van der Waals surface area contributed by atoms with E-state index in [1.165, 1.54) is 10.7 Å². The second-order valence-electron chi connectivity index (χ2n) is 7.10. The molecule has 1 amide bonds. The zero-order chi connectivity index (χ0) is 16.2. The Labute approximate surface area is 134 Å². The second kappa shape index (κ2) is 7.27. The highest BCUT2D eigenvalue weighted by molar-refractivity contribution is 7.89. The fourth-order valence-electron chi connectivity index (χ4n) is 3.16. The minimum atomic E-state index is -3.39. The van der Waals surface area contributed by atoms with Crippen molar-refractivity contribution in [2.45, 2.75) is 52.0 Å². The van der Waals surface area contributed by atoms with Crippen molar-refractivity contribution < 1.29 is 13.2 Å². The fraction of sp³-hybridized carbons (Fsp3) is 0.933. The Balaban J connectivity index is 1.94. The van der Waals surface area contributed by atoms with Gasteiger partial charge in [0.15, 0.2) is 0 Å². The molecule has 0 bridgehead atoms. The normalized spacial score (nSPS) is 22.5. The summed E-state index contributed by atoms with van der Waals surface area (Å²) in [5.74, 6) is -0.267. The van der Waals surface area contributed by atoms with Gasteiger partial charge in [-0.25, -0.2) is 8.42 Å². The summed E-state index contributed by atoms with van der Waals surface area (Å²) in [7, 11) is -3.39. The van der Waals surface area contributed by atoms with E-state index in [4.69, 9.17) is 0 Å². The summed E-state index contributed by atoms with van der Waals surface area (Å²) >= 11 is 0. The predicted molar refractivity (Wildman–Crippen MR) is 87.0 cm³/mol. The van der Waals surface area contributed by atoms with E-state index in [9.17, 15) is 13.2 Å². The Kier molecular flexibility index (Phi) is 5.85. The lowest BCUT2D eigenvalue weighted by atomic mass is 9.91. The van der Waals surface area contributed by atoms with Crippen molar-refractivity contribution in [3.8, 4) is 0 Å². The largest absolute Gasteiger partial charge is 0.353 e. The Morgan fingerprint density at radius 1 is 1.18 bits per heavy atom. The molecule has 1 saturated heterocycles. The molecule has 1 heterocycles. The maximum absolute atomic E-state index is 12.5. The zero-order valence-corrected chi connectivity index (χ0v) is 14.5. The molecule has 7 heteroatoms.